The Morgan fingerprint density at radius 1 is 0.955 bits per heavy atom. The molecule has 0 fully saturated rings. The van der Waals surface area contributed by atoms with Crippen LogP contribution in [0.2, 0.25) is 0 Å². The van der Waals surface area contributed by atoms with Crippen LogP contribution in [-0.2, 0) is 13.6 Å². The lowest BCUT2D eigenvalue weighted by Crippen LogP contribution is -2.07. The highest BCUT2D eigenvalue weighted by molar-refractivity contribution is 6.04. The molecule has 0 aliphatic rings. The number of hydrogen-bond acceptors (Lipinski definition) is 9. The normalized spacial score (nSPS) is 11.0. The molecule has 0 aliphatic heterocycles. The minimum absolute atomic E-state index is 0.0458. The van der Waals surface area contributed by atoms with E-state index in [1.165, 1.54) is 30.9 Å². The van der Waals surface area contributed by atoms with Gasteiger partial charge in [-0.2, -0.15) is 10.4 Å². The van der Waals surface area contributed by atoms with Crippen molar-refractivity contribution in [2.45, 2.75) is 19.9 Å². The molecule has 1 aromatic carbocycles. The van der Waals surface area contributed by atoms with Gasteiger partial charge in [0.15, 0.2) is 5.82 Å². The third-order valence-corrected chi connectivity index (χ3v) is 7.15. The standard InChI is InChI=1S/C31H25N9O4/c1-3-10-40-26-7-4-17(12-32)11-20(26)28(38-40)36-24-15-34-13-21(27(24)31(43)44)22-6-5-18-25(16-39(2)29(18)37-22)35-23-14-33-9-8-19(23)30(41)42/h4-9,11,13-16,35H,3,10H2,1-2H3,(H,36,38)(H,41,42)(H,43,44). The molecule has 0 aliphatic carbocycles. The Morgan fingerprint density at radius 3 is 2.52 bits per heavy atom. The number of aryl methyl sites for hydroxylation is 2. The minimum Gasteiger partial charge on any atom is -0.478 e. The van der Waals surface area contributed by atoms with Crippen LogP contribution >= 0.6 is 0 Å². The number of nitrogens with one attached hydrogen (secondary N) is 2. The summed E-state index contributed by atoms with van der Waals surface area (Å²) in [5.74, 6) is -1.87. The summed E-state index contributed by atoms with van der Waals surface area (Å²) >= 11 is 0. The highest BCUT2D eigenvalue weighted by Crippen LogP contribution is 2.35. The summed E-state index contributed by atoms with van der Waals surface area (Å²) in [6.45, 7) is 2.67. The molecule has 13 heteroatoms. The number of aromatic carboxylic acids is 2. The lowest BCUT2D eigenvalue weighted by atomic mass is 10.0. The monoisotopic (exact) mass is 587 g/mol. The summed E-state index contributed by atoms with van der Waals surface area (Å²) in [7, 11) is 1.78. The summed E-state index contributed by atoms with van der Waals surface area (Å²) in [6.07, 6.45) is 8.31. The van der Waals surface area contributed by atoms with Crippen LogP contribution in [0.4, 0.5) is 22.9 Å². The maximum absolute atomic E-state index is 12.7. The molecule has 0 saturated carbocycles. The van der Waals surface area contributed by atoms with Gasteiger partial charge in [0.1, 0.15) is 5.65 Å². The molecular formula is C31H25N9O4. The zero-order chi connectivity index (χ0) is 31.0. The Kier molecular flexibility index (Phi) is 7.08. The second-order valence-corrected chi connectivity index (χ2v) is 10.0. The van der Waals surface area contributed by atoms with Crippen LogP contribution in [0, 0.1) is 11.3 Å². The Labute approximate surface area is 250 Å². The van der Waals surface area contributed by atoms with Crippen LogP contribution < -0.4 is 10.6 Å². The molecule has 218 valence electrons. The Balaban J connectivity index is 1.42. The number of benzene rings is 1. The van der Waals surface area contributed by atoms with Gasteiger partial charge in [-0.25, -0.2) is 14.6 Å². The van der Waals surface area contributed by atoms with Crippen molar-refractivity contribution in [2.75, 3.05) is 10.6 Å². The van der Waals surface area contributed by atoms with Crippen molar-refractivity contribution in [2.24, 2.45) is 7.05 Å². The Bertz CT molecular complexity index is 2140. The van der Waals surface area contributed by atoms with Gasteiger partial charge in [0.25, 0.3) is 0 Å². The lowest BCUT2D eigenvalue weighted by molar-refractivity contribution is 0.0687. The highest BCUT2D eigenvalue weighted by Gasteiger charge is 2.22. The molecule has 4 N–H and O–H groups in total. The first-order valence-corrected chi connectivity index (χ1v) is 13.6. The number of carboxylic acids is 2. The summed E-state index contributed by atoms with van der Waals surface area (Å²) < 4.78 is 3.57. The van der Waals surface area contributed by atoms with Gasteiger partial charge in [0, 0.05) is 48.5 Å². The molecule has 0 atom stereocenters. The van der Waals surface area contributed by atoms with Crippen molar-refractivity contribution >= 4 is 56.8 Å². The molecule has 0 unspecified atom stereocenters. The molecule has 5 aromatic heterocycles. The van der Waals surface area contributed by atoms with E-state index in [1.807, 2.05) is 17.7 Å². The number of rotatable bonds is 9. The Hall–Kier alpha value is -6.29. The maximum Gasteiger partial charge on any atom is 0.338 e. The second-order valence-electron chi connectivity index (χ2n) is 10.0. The van der Waals surface area contributed by atoms with E-state index in [4.69, 9.17) is 4.98 Å². The highest BCUT2D eigenvalue weighted by atomic mass is 16.4. The van der Waals surface area contributed by atoms with Gasteiger partial charge < -0.3 is 25.4 Å². The number of carbonyl (C=O) groups is 2. The van der Waals surface area contributed by atoms with E-state index in [2.05, 4.69) is 31.8 Å². The predicted octanol–water partition coefficient (Wildman–Crippen LogP) is 5.55. The zero-order valence-corrected chi connectivity index (χ0v) is 23.6. The van der Waals surface area contributed by atoms with Gasteiger partial charge in [-0.15, -0.1) is 0 Å². The van der Waals surface area contributed by atoms with Gasteiger partial charge in [-0.05, 0) is 42.8 Å². The molecule has 0 radical (unpaired) electrons. The zero-order valence-electron chi connectivity index (χ0n) is 23.6. The van der Waals surface area contributed by atoms with Crippen molar-refractivity contribution in [3.63, 3.8) is 0 Å². The van der Waals surface area contributed by atoms with Gasteiger partial charge in [0.05, 0.1) is 63.4 Å². The van der Waals surface area contributed by atoms with Gasteiger partial charge >= 0.3 is 11.9 Å². The minimum atomic E-state index is -1.19. The van der Waals surface area contributed by atoms with E-state index in [0.717, 1.165) is 11.9 Å². The summed E-state index contributed by atoms with van der Waals surface area (Å²) in [4.78, 5) is 37.4. The van der Waals surface area contributed by atoms with E-state index in [-0.39, 0.29) is 22.4 Å². The molecule has 6 aromatic rings. The molecule has 5 heterocycles. The molecule has 13 nitrogen and oxygen atoms in total. The summed E-state index contributed by atoms with van der Waals surface area (Å²) in [5.41, 5.74) is 3.64. The second kappa shape index (κ2) is 11.2. The van der Waals surface area contributed by atoms with Crippen molar-refractivity contribution in [1.82, 2.24) is 29.3 Å². The van der Waals surface area contributed by atoms with Crippen molar-refractivity contribution in [3.05, 3.63) is 84.1 Å². The number of hydrogen-bond donors (Lipinski definition) is 4. The number of carboxylic acid groups (broad SMARTS) is 2. The van der Waals surface area contributed by atoms with E-state index >= 15 is 0 Å². The van der Waals surface area contributed by atoms with E-state index < -0.39 is 11.9 Å². The summed E-state index contributed by atoms with van der Waals surface area (Å²) in [6, 6.07) is 12.3. The average Bonchev–Trinajstić information content (AvgIpc) is 3.52. The third-order valence-electron chi connectivity index (χ3n) is 7.15. The van der Waals surface area contributed by atoms with Crippen LogP contribution in [0.25, 0.3) is 33.2 Å². The molecular weight excluding hydrogens is 562 g/mol. The first-order valence-electron chi connectivity index (χ1n) is 13.6. The Morgan fingerprint density at radius 2 is 1.77 bits per heavy atom. The molecule has 0 bridgehead atoms. The van der Waals surface area contributed by atoms with Gasteiger partial charge in [-0.1, -0.05) is 6.92 Å². The van der Waals surface area contributed by atoms with Gasteiger partial charge in [0.2, 0.25) is 0 Å². The van der Waals surface area contributed by atoms with Crippen molar-refractivity contribution in [3.8, 4) is 17.3 Å². The van der Waals surface area contributed by atoms with Crippen LogP contribution in [0.1, 0.15) is 39.6 Å². The molecule has 44 heavy (non-hydrogen) atoms. The fourth-order valence-electron chi connectivity index (χ4n) is 5.16. The third kappa shape index (κ3) is 4.90. The largest absolute Gasteiger partial charge is 0.478 e. The SMILES string of the molecule is CCCn1nc(Nc2cncc(-c3ccc4c(Nc5cnccc5C(=O)O)cn(C)c4n3)c2C(=O)O)c2cc(C#N)ccc21. The number of anilines is 4. The predicted molar refractivity (Wildman–Crippen MR) is 163 cm³/mol. The van der Waals surface area contributed by atoms with Crippen LogP contribution in [0.3, 0.4) is 0 Å². The smallest absolute Gasteiger partial charge is 0.338 e. The molecule has 0 saturated heterocycles. The fraction of sp³-hybridized carbons (Fsp3) is 0.129. The number of nitriles is 1. The summed E-state index contributed by atoms with van der Waals surface area (Å²) in [5, 5.41) is 41.7. The van der Waals surface area contributed by atoms with E-state index in [9.17, 15) is 25.1 Å². The quantitative estimate of drug-likeness (QED) is 0.166. The van der Waals surface area contributed by atoms with Crippen LogP contribution in [0.5, 0.6) is 0 Å². The average molecular weight is 588 g/mol. The van der Waals surface area contributed by atoms with Crippen molar-refractivity contribution < 1.29 is 19.8 Å². The van der Waals surface area contributed by atoms with Crippen LogP contribution in [0.15, 0.2) is 67.4 Å². The molecule has 6 rings (SSSR count). The maximum atomic E-state index is 12.7. The fourth-order valence-corrected chi connectivity index (χ4v) is 5.16. The lowest BCUT2D eigenvalue weighted by Gasteiger charge is -2.12. The van der Waals surface area contributed by atoms with E-state index in [1.54, 1.807) is 42.1 Å². The van der Waals surface area contributed by atoms with E-state index in [0.29, 0.717) is 51.4 Å². The number of pyridine rings is 3. The number of fused-ring (bicyclic) bond motifs is 2. The molecule has 0 spiro atoms. The van der Waals surface area contributed by atoms with Crippen LogP contribution in [-0.4, -0.2) is 51.5 Å². The topological polar surface area (TPSA) is 184 Å². The number of aromatic nitrogens is 6. The molecule has 0 amide bonds. The van der Waals surface area contributed by atoms with Gasteiger partial charge in [-0.3, -0.25) is 14.6 Å². The first kappa shape index (κ1) is 27.9. The number of nitrogens with zero attached hydrogens (tertiary/aromatic N) is 7. The first-order chi connectivity index (χ1) is 21.3. The van der Waals surface area contributed by atoms with Crippen molar-refractivity contribution in [1.29, 1.82) is 5.26 Å².